The minimum absolute atomic E-state index is 0.327. The van der Waals surface area contributed by atoms with Crippen LogP contribution in [0.1, 0.15) is 27.2 Å². The predicted octanol–water partition coefficient (Wildman–Crippen LogP) is 0.763. The molecule has 2 unspecified atom stereocenters. The Hall–Kier alpha value is -0.120. The van der Waals surface area contributed by atoms with Crippen molar-refractivity contribution in [3.05, 3.63) is 0 Å². The Kier molecular flexibility index (Phi) is 3.06. The second-order valence-corrected chi connectivity index (χ2v) is 5.86. The Bertz CT molecular complexity index is 217. The van der Waals surface area contributed by atoms with Crippen molar-refractivity contribution in [1.82, 2.24) is 15.1 Å². The summed E-state index contributed by atoms with van der Waals surface area (Å²) in [5, 5.41) is 3.50. The standard InChI is InChI=1S/C12H25N3/c1-10-7-11(8-14(10)4)15-6-5-13-9-12(15,2)3/h10-11,13H,5-9H2,1-4H3. The molecule has 0 aromatic rings. The summed E-state index contributed by atoms with van der Waals surface area (Å²) in [4.78, 5) is 5.20. The molecular formula is C12H25N3. The van der Waals surface area contributed by atoms with Crippen LogP contribution in [0, 0.1) is 0 Å². The van der Waals surface area contributed by atoms with Gasteiger partial charge in [0.05, 0.1) is 0 Å². The maximum absolute atomic E-state index is 3.50. The van der Waals surface area contributed by atoms with E-state index >= 15 is 0 Å². The van der Waals surface area contributed by atoms with E-state index in [1.807, 2.05) is 0 Å². The first kappa shape index (κ1) is 11.4. The molecule has 0 spiro atoms. The highest BCUT2D eigenvalue weighted by Gasteiger charge is 2.38. The molecule has 2 rings (SSSR count). The van der Waals surface area contributed by atoms with Gasteiger partial charge < -0.3 is 10.2 Å². The van der Waals surface area contributed by atoms with Crippen LogP contribution >= 0.6 is 0 Å². The monoisotopic (exact) mass is 211 g/mol. The Labute approximate surface area is 93.8 Å². The van der Waals surface area contributed by atoms with Crippen molar-refractivity contribution in [2.45, 2.75) is 44.8 Å². The lowest BCUT2D eigenvalue weighted by molar-refractivity contribution is 0.0490. The van der Waals surface area contributed by atoms with E-state index in [2.05, 4.69) is 42.9 Å². The van der Waals surface area contributed by atoms with E-state index in [0.29, 0.717) is 5.54 Å². The van der Waals surface area contributed by atoms with Gasteiger partial charge in [0.1, 0.15) is 0 Å². The van der Waals surface area contributed by atoms with Crippen LogP contribution in [0.25, 0.3) is 0 Å². The summed E-state index contributed by atoms with van der Waals surface area (Å²) in [6.07, 6.45) is 1.33. The number of rotatable bonds is 1. The summed E-state index contributed by atoms with van der Waals surface area (Å²) in [6.45, 7) is 11.8. The SMILES string of the molecule is CC1CC(N2CCNCC2(C)C)CN1C. The van der Waals surface area contributed by atoms with Crippen molar-refractivity contribution in [1.29, 1.82) is 0 Å². The summed E-state index contributed by atoms with van der Waals surface area (Å²) in [6, 6.07) is 1.52. The molecule has 2 atom stereocenters. The van der Waals surface area contributed by atoms with Gasteiger partial charge in [-0.05, 0) is 34.2 Å². The number of hydrogen-bond acceptors (Lipinski definition) is 3. The van der Waals surface area contributed by atoms with E-state index in [4.69, 9.17) is 0 Å². The minimum Gasteiger partial charge on any atom is -0.314 e. The van der Waals surface area contributed by atoms with Gasteiger partial charge in [-0.25, -0.2) is 0 Å². The molecule has 0 amide bonds. The molecular weight excluding hydrogens is 186 g/mol. The maximum Gasteiger partial charge on any atom is 0.0281 e. The van der Waals surface area contributed by atoms with Gasteiger partial charge in [-0.15, -0.1) is 0 Å². The van der Waals surface area contributed by atoms with E-state index in [-0.39, 0.29) is 0 Å². The van der Waals surface area contributed by atoms with Crippen molar-refractivity contribution in [2.75, 3.05) is 33.2 Å². The molecule has 3 nitrogen and oxygen atoms in total. The number of piperazine rings is 1. The van der Waals surface area contributed by atoms with Gasteiger partial charge in [-0.2, -0.15) is 0 Å². The third-order valence-electron chi connectivity index (χ3n) is 4.17. The highest BCUT2D eigenvalue weighted by molar-refractivity contribution is 4.96. The summed E-state index contributed by atoms with van der Waals surface area (Å²) in [7, 11) is 2.25. The minimum atomic E-state index is 0.327. The Morgan fingerprint density at radius 1 is 1.33 bits per heavy atom. The molecule has 3 heteroatoms. The molecule has 88 valence electrons. The van der Waals surface area contributed by atoms with Crippen molar-refractivity contribution in [3.8, 4) is 0 Å². The van der Waals surface area contributed by atoms with Crippen LogP contribution in [0.5, 0.6) is 0 Å². The third kappa shape index (κ3) is 2.19. The van der Waals surface area contributed by atoms with Crippen LogP contribution in [-0.2, 0) is 0 Å². The van der Waals surface area contributed by atoms with Crippen LogP contribution < -0.4 is 5.32 Å². The quantitative estimate of drug-likeness (QED) is 0.691. The number of hydrogen-bond donors (Lipinski definition) is 1. The van der Waals surface area contributed by atoms with E-state index < -0.39 is 0 Å². The number of nitrogens with one attached hydrogen (secondary N) is 1. The topological polar surface area (TPSA) is 18.5 Å². The van der Waals surface area contributed by atoms with E-state index in [0.717, 1.165) is 25.2 Å². The highest BCUT2D eigenvalue weighted by Crippen LogP contribution is 2.27. The van der Waals surface area contributed by atoms with Gasteiger partial charge in [0.15, 0.2) is 0 Å². The average molecular weight is 211 g/mol. The Balaban J connectivity index is 2.03. The smallest absolute Gasteiger partial charge is 0.0281 e. The summed E-state index contributed by atoms with van der Waals surface area (Å²) in [5.41, 5.74) is 0.327. The third-order valence-corrected chi connectivity index (χ3v) is 4.17. The van der Waals surface area contributed by atoms with E-state index in [1.54, 1.807) is 0 Å². The van der Waals surface area contributed by atoms with Crippen molar-refractivity contribution in [2.24, 2.45) is 0 Å². The maximum atomic E-state index is 3.50. The lowest BCUT2D eigenvalue weighted by atomic mass is 9.96. The fourth-order valence-electron chi connectivity index (χ4n) is 3.06. The van der Waals surface area contributed by atoms with E-state index in [1.165, 1.54) is 19.5 Å². The molecule has 0 radical (unpaired) electrons. The molecule has 2 fully saturated rings. The predicted molar refractivity (Wildman–Crippen MR) is 64.2 cm³/mol. The van der Waals surface area contributed by atoms with Gasteiger partial charge in [0.25, 0.3) is 0 Å². The largest absolute Gasteiger partial charge is 0.314 e. The first-order chi connectivity index (χ1) is 7.00. The number of nitrogens with zero attached hydrogens (tertiary/aromatic N) is 2. The molecule has 0 bridgehead atoms. The van der Waals surface area contributed by atoms with Gasteiger partial charge in [-0.3, -0.25) is 4.90 Å². The molecule has 2 aliphatic rings. The van der Waals surface area contributed by atoms with Gasteiger partial charge >= 0.3 is 0 Å². The molecule has 2 heterocycles. The number of likely N-dealkylation sites (N-methyl/N-ethyl adjacent to an activating group) is 1. The second-order valence-electron chi connectivity index (χ2n) is 5.86. The second kappa shape index (κ2) is 4.04. The van der Waals surface area contributed by atoms with Crippen LogP contribution in [0.15, 0.2) is 0 Å². The molecule has 15 heavy (non-hydrogen) atoms. The van der Waals surface area contributed by atoms with Gasteiger partial charge in [-0.1, -0.05) is 0 Å². The van der Waals surface area contributed by atoms with Crippen LogP contribution in [-0.4, -0.2) is 60.6 Å². The molecule has 0 aromatic heterocycles. The van der Waals surface area contributed by atoms with Crippen LogP contribution in [0.2, 0.25) is 0 Å². The lowest BCUT2D eigenvalue weighted by Gasteiger charge is -2.46. The zero-order chi connectivity index (χ0) is 11.1. The van der Waals surface area contributed by atoms with Gasteiger partial charge in [0, 0.05) is 43.8 Å². The first-order valence-electron chi connectivity index (χ1n) is 6.18. The van der Waals surface area contributed by atoms with Crippen molar-refractivity contribution < 1.29 is 0 Å². The first-order valence-corrected chi connectivity index (χ1v) is 6.18. The fraction of sp³-hybridized carbons (Fsp3) is 1.00. The fourth-order valence-corrected chi connectivity index (χ4v) is 3.06. The van der Waals surface area contributed by atoms with Crippen LogP contribution in [0.3, 0.4) is 0 Å². The lowest BCUT2D eigenvalue weighted by Crippen LogP contribution is -2.61. The molecule has 0 saturated carbocycles. The Morgan fingerprint density at radius 3 is 2.60 bits per heavy atom. The number of likely N-dealkylation sites (tertiary alicyclic amines) is 1. The highest BCUT2D eigenvalue weighted by atomic mass is 15.3. The normalized spacial score (nSPS) is 38.4. The summed E-state index contributed by atoms with van der Waals surface area (Å²) >= 11 is 0. The molecule has 0 aromatic carbocycles. The summed E-state index contributed by atoms with van der Waals surface area (Å²) in [5.74, 6) is 0. The average Bonchev–Trinajstić information content (AvgIpc) is 2.46. The zero-order valence-electron chi connectivity index (χ0n) is 10.6. The van der Waals surface area contributed by atoms with Gasteiger partial charge in [0.2, 0.25) is 0 Å². The molecule has 0 aliphatic carbocycles. The van der Waals surface area contributed by atoms with Crippen LogP contribution in [0.4, 0.5) is 0 Å². The molecule has 2 saturated heterocycles. The molecule has 1 N–H and O–H groups in total. The molecule has 2 aliphatic heterocycles. The Morgan fingerprint density at radius 2 is 2.07 bits per heavy atom. The van der Waals surface area contributed by atoms with Crippen molar-refractivity contribution in [3.63, 3.8) is 0 Å². The zero-order valence-corrected chi connectivity index (χ0v) is 10.6. The van der Waals surface area contributed by atoms with E-state index in [9.17, 15) is 0 Å². The summed E-state index contributed by atoms with van der Waals surface area (Å²) < 4.78 is 0. The van der Waals surface area contributed by atoms with Crippen molar-refractivity contribution >= 4 is 0 Å².